The summed E-state index contributed by atoms with van der Waals surface area (Å²) in [7, 11) is 0. The Morgan fingerprint density at radius 3 is 3.17 bits per heavy atom. The van der Waals surface area contributed by atoms with E-state index in [4.69, 9.17) is 0 Å². The first-order valence-electron chi connectivity index (χ1n) is 4.27. The molecule has 0 atom stereocenters. The van der Waals surface area contributed by atoms with E-state index in [2.05, 4.69) is 16.4 Å². The lowest BCUT2D eigenvalue weighted by atomic mass is 10.1. The van der Waals surface area contributed by atoms with E-state index in [1.165, 1.54) is 28.6 Å². The first-order valence-corrected chi connectivity index (χ1v) is 5.15. The van der Waals surface area contributed by atoms with Crippen molar-refractivity contribution in [2.75, 3.05) is 0 Å². The summed E-state index contributed by atoms with van der Waals surface area (Å²) in [5.41, 5.74) is 1.53. The van der Waals surface area contributed by atoms with Crippen molar-refractivity contribution in [3.63, 3.8) is 0 Å². The van der Waals surface area contributed by atoms with E-state index < -0.39 is 0 Å². The van der Waals surface area contributed by atoms with Crippen LogP contribution < -0.4 is 0 Å². The standard InChI is InChI=1S/C10H9NS/c1-2-8-9(7-3-4-7)6-12-10(8)11-5-1/h1-2,5-7H,3-4H2. The van der Waals surface area contributed by atoms with Crippen LogP contribution in [-0.4, -0.2) is 4.98 Å². The Labute approximate surface area is 75.1 Å². The molecule has 0 unspecified atom stereocenters. The lowest BCUT2D eigenvalue weighted by Gasteiger charge is -1.92. The number of hydrogen-bond acceptors (Lipinski definition) is 2. The van der Waals surface area contributed by atoms with E-state index in [0.29, 0.717) is 0 Å². The molecule has 2 aromatic heterocycles. The second-order valence-corrected chi connectivity index (χ2v) is 4.18. The van der Waals surface area contributed by atoms with Crippen molar-refractivity contribution in [3.8, 4) is 0 Å². The number of aromatic nitrogens is 1. The molecule has 1 aliphatic rings. The van der Waals surface area contributed by atoms with Crippen LogP contribution in [0.1, 0.15) is 24.3 Å². The van der Waals surface area contributed by atoms with Crippen LogP contribution in [0.25, 0.3) is 10.2 Å². The first-order chi connectivity index (χ1) is 5.95. The fraction of sp³-hybridized carbons (Fsp3) is 0.300. The normalized spacial score (nSPS) is 17.0. The smallest absolute Gasteiger partial charge is 0.123 e. The minimum Gasteiger partial charge on any atom is -0.245 e. The maximum Gasteiger partial charge on any atom is 0.123 e. The Morgan fingerprint density at radius 2 is 2.33 bits per heavy atom. The fourth-order valence-electron chi connectivity index (χ4n) is 1.60. The quantitative estimate of drug-likeness (QED) is 0.648. The average molecular weight is 175 g/mol. The molecule has 1 saturated carbocycles. The molecule has 1 aliphatic carbocycles. The molecular formula is C10H9NS. The third-order valence-electron chi connectivity index (χ3n) is 2.40. The SMILES string of the molecule is c1cnc2scc(C3CC3)c2c1. The van der Waals surface area contributed by atoms with Crippen molar-refractivity contribution in [1.82, 2.24) is 4.98 Å². The molecular weight excluding hydrogens is 166 g/mol. The molecule has 0 saturated heterocycles. The molecule has 1 nitrogen and oxygen atoms in total. The molecule has 1 fully saturated rings. The summed E-state index contributed by atoms with van der Waals surface area (Å²) in [5.74, 6) is 0.850. The third kappa shape index (κ3) is 0.879. The molecule has 0 amide bonds. The summed E-state index contributed by atoms with van der Waals surface area (Å²) in [5, 5.41) is 3.65. The van der Waals surface area contributed by atoms with Crippen LogP contribution in [0.15, 0.2) is 23.7 Å². The zero-order chi connectivity index (χ0) is 7.97. The van der Waals surface area contributed by atoms with Crippen LogP contribution in [0.5, 0.6) is 0 Å². The molecule has 2 heterocycles. The van der Waals surface area contributed by atoms with Gasteiger partial charge in [0.05, 0.1) is 0 Å². The van der Waals surface area contributed by atoms with E-state index in [1.807, 2.05) is 12.3 Å². The summed E-state index contributed by atoms with van der Waals surface area (Å²) >= 11 is 1.77. The minimum absolute atomic E-state index is 0.850. The Morgan fingerprint density at radius 1 is 1.42 bits per heavy atom. The lowest BCUT2D eigenvalue weighted by molar-refractivity contribution is 1.16. The van der Waals surface area contributed by atoms with Crippen molar-refractivity contribution in [1.29, 1.82) is 0 Å². The molecule has 2 heteroatoms. The van der Waals surface area contributed by atoms with Gasteiger partial charge < -0.3 is 0 Å². The molecule has 0 radical (unpaired) electrons. The second-order valence-electron chi connectivity index (χ2n) is 3.32. The molecule has 2 aromatic rings. The van der Waals surface area contributed by atoms with Gasteiger partial charge in [-0.2, -0.15) is 0 Å². The van der Waals surface area contributed by atoms with Gasteiger partial charge in [-0.3, -0.25) is 0 Å². The van der Waals surface area contributed by atoms with Gasteiger partial charge in [0.2, 0.25) is 0 Å². The Balaban J connectivity index is 2.30. The van der Waals surface area contributed by atoms with Crippen LogP contribution >= 0.6 is 11.3 Å². The fourth-order valence-corrected chi connectivity index (χ4v) is 2.59. The largest absolute Gasteiger partial charge is 0.245 e. The summed E-state index contributed by atoms with van der Waals surface area (Å²) in [6, 6.07) is 4.22. The third-order valence-corrected chi connectivity index (χ3v) is 3.32. The van der Waals surface area contributed by atoms with Crippen LogP contribution in [0.2, 0.25) is 0 Å². The molecule has 3 rings (SSSR count). The van der Waals surface area contributed by atoms with Crippen LogP contribution in [-0.2, 0) is 0 Å². The Bertz CT molecular complexity index is 414. The van der Waals surface area contributed by atoms with Gasteiger partial charge in [-0.05, 0) is 35.8 Å². The topological polar surface area (TPSA) is 12.9 Å². The monoisotopic (exact) mass is 175 g/mol. The minimum atomic E-state index is 0.850. The van der Waals surface area contributed by atoms with Gasteiger partial charge in [0.25, 0.3) is 0 Å². The summed E-state index contributed by atoms with van der Waals surface area (Å²) in [6.45, 7) is 0. The lowest BCUT2D eigenvalue weighted by Crippen LogP contribution is -1.75. The Hall–Kier alpha value is -0.890. The number of nitrogens with zero attached hydrogens (tertiary/aromatic N) is 1. The highest BCUT2D eigenvalue weighted by atomic mass is 32.1. The van der Waals surface area contributed by atoms with E-state index in [1.54, 1.807) is 11.3 Å². The van der Waals surface area contributed by atoms with Gasteiger partial charge in [-0.1, -0.05) is 6.07 Å². The maximum atomic E-state index is 4.33. The highest BCUT2D eigenvalue weighted by molar-refractivity contribution is 7.16. The van der Waals surface area contributed by atoms with Crippen molar-refractivity contribution < 1.29 is 0 Å². The summed E-state index contributed by atoms with van der Waals surface area (Å²) in [4.78, 5) is 5.52. The second kappa shape index (κ2) is 2.30. The number of thiophene rings is 1. The summed E-state index contributed by atoms with van der Waals surface area (Å²) < 4.78 is 0. The van der Waals surface area contributed by atoms with Gasteiger partial charge in [-0.15, -0.1) is 11.3 Å². The zero-order valence-electron chi connectivity index (χ0n) is 6.66. The molecule has 12 heavy (non-hydrogen) atoms. The number of fused-ring (bicyclic) bond motifs is 1. The predicted octanol–water partition coefficient (Wildman–Crippen LogP) is 3.17. The first kappa shape index (κ1) is 6.61. The van der Waals surface area contributed by atoms with Gasteiger partial charge in [0.15, 0.2) is 0 Å². The molecule has 0 N–H and O–H groups in total. The highest BCUT2D eigenvalue weighted by Gasteiger charge is 2.26. The predicted molar refractivity (Wildman–Crippen MR) is 51.6 cm³/mol. The maximum absolute atomic E-state index is 4.33. The zero-order valence-corrected chi connectivity index (χ0v) is 7.47. The Kier molecular flexibility index (Phi) is 1.27. The average Bonchev–Trinajstić information content (AvgIpc) is 2.86. The van der Waals surface area contributed by atoms with Crippen molar-refractivity contribution >= 4 is 21.6 Å². The van der Waals surface area contributed by atoms with Crippen molar-refractivity contribution in [2.24, 2.45) is 0 Å². The van der Waals surface area contributed by atoms with Crippen molar-refractivity contribution in [3.05, 3.63) is 29.3 Å². The van der Waals surface area contributed by atoms with Crippen LogP contribution in [0.3, 0.4) is 0 Å². The van der Waals surface area contributed by atoms with Crippen LogP contribution in [0, 0.1) is 0 Å². The number of hydrogen-bond donors (Lipinski definition) is 0. The molecule has 0 aromatic carbocycles. The van der Waals surface area contributed by atoms with Gasteiger partial charge in [0, 0.05) is 11.6 Å². The molecule has 0 aliphatic heterocycles. The molecule has 0 bridgehead atoms. The van der Waals surface area contributed by atoms with E-state index in [0.717, 1.165) is 5.92 Å². The number of pyridine rings is 1. The van der Waals surface area contributed by atoms with Gasteiger partial charge >= 0.3 is 0 Å². The van der Waals surface area contributed by atoms with E-state index in [-0.39, 0.29) is 0 Å². The van der Waals surface area contributed by atoms with E-state index in [9.17, 15) is 0 Å². The highest BCUT2D eigenvalue weighted by Crippen LogP contribution is 2.44. The number of rotatable bonds is 1. The molecule has 60 valence electrons. The van der Waals surface area contributed by atoms with Crippen molar-refractivity contribution in [2.45, 2.75) is 18.8 Å². The summed E-state index contributed by atoms with van der Waals surface area (Å²) in [6.07, 6.45) is 4.62. The van der Waals surface area contributed by atoms with Crippen LogP contribution in [0.4, 0.5) is 0 Å². The van der Waals surface area contributed by atoms with Gasteiger partial charge in [-0.25, -0.2) is 4.98 Å². The van der Waals surface area contributed by atoms with Gasteiger partial charge in [0.1, 0.15) is 4.83 Å². The van der Waals surface area contributed by atoms with E-state index >= 15 is 0 Å². The molecule has 0 spiro atoms.